The molecule has 0 spiro atoms. The summed E-state index contributed by atoms with van der Waals surface area (Å²) in [4.78, 5) is 15.8. The van der Waals surface area contributed by atoms with Crippen molar-refractivity contribution in [1.82, 2.24) is 4.98 Å². The monoisotopic (exact) mass is 299 g/mol. The van der Waals surface area contributed by atoms with Crippen molar-refractivity contribution >= 4 is 29.2 Å². The van der Waals surface area contributed by atoms with Gasteiger partial charge in [0.25, 0.3) is 0 Å². The van der Waals surface area contributed by atoms with Gasteiger partial charge in [0.05, 0.1) is 5.41 Å². The lowest BCUT2D eigenvalue weighted by Crippen LogP contribution is -2.38. The number of rotatable bonds is 3. The van der Waals surface area contributed by atoms with Crippen LogP contribution in [0.5, 0.6) is 0 Å². The largest absolute Gasteiger partial charge is 0.481 e. The Bertz CT molecular complexity index is 534. The minimum absolute atomic E-state index is 0.279. The fourth-order valence-corrected chi connectivity index (χ4v) is 4.34. The van der Waals surface area contributed by atoms with Crippen molar-refractivity contribution in [1.29, 1.82) is 0 Å². The predicted molar refractivity (Wildman–Crippen MR) is 73.5 cm³/mol. The van der Waals surface area contributed by atoms with E-state index in [2.05, 4.69) is 4.98 Å². The van der Waals surface area contributed by atoms with Gasteiger partial charge in [-0.15, -0.1) is 0 Å². The highest BCUT2D eigenvalue weighted by Crippen LogP contribution is 2.57. The minimum atomic E-state index is -0.689. The van der Waals surface area contributed by atoms with Crippen molar-refractivity contribution in [2.24, 2.45) is 17.3 Å². The summed E-state index contributed by atoms with van der Waals surface area (Å²) in [7, 11) is 0. The summed E-state index contributed by atoms with van der Waals surface area (Å²) in [6.07, 6.45) is 6.09. The number of nitrogens with zero attached hydrogens (tertiary/aromatic N) is 1. The second-order valence-corrected chi connectivity index (χ2v) is 6.61. The van der Waals surface area contributed by atoms with Gasteiger partial charge in [0.2, 0.25) is 0 Å². The van der Waals surface area contributed by atoms with E-state index in [9.17, 15) is 9.90 Å². The molecule has 2 saturated carbocycles. The van der Waals surface area contributed by atoms with Gasteiger partial charge in [-0.3, -0.25) is 4.79 Å². The summed E-state index contributed by atoms with van der Waals surface area (Å²) >= 11 is 11.9. The highest BCUT2D eigenvalue weighted by molar-refractivity contribution is 6.34. The molecule has 1 heterocycles. The predicted octanol–water partition coefficient (Wildman–Crippen LogP) is 3.82. The Morgan fingerprint density at radius 2 is 2.26 bits per heavy atom. The third-order valence-corrected chi connectivity index (χ3v) is 5.36. The van der Waals surface area contributed by atoms with Gasteiger partial charge in [-0.2, -0.15) is 0 Å². The van der Waals surface area contributed by atoms with E-state index < -0.39 is 11.4 Å². The third kappa shape index (κ3) is 2.13. The van der Waals surface area contributed by atoms with Crippen LogP contribution in [0.4, 0.5) is 0 Å². The van der Waals surface area contributed by atoms with Crippen LogP contribution in [0.1, 0.15) is 31.2 Å². The number of aliphatic carboxylic acids is 1. The van der Waals surface area contributed by atoms with Crippen molar-refractivity contribution in [3.05, 3.63) is 28.0 Å². The molecule has 5 heteroatoms. The number of hydrogen-bond donors (Lipinski definition) is 1. The molecule has 3 atom stereocenters. The molecule has 3 unspecified atom stereocenters. The number of hydrogen-bond acceptors (Lipinski definition) is 2. The number of pyridine rings is 1. The molecule has 0 aromatic carbocycles. The van der Waals surface area contributed by atoms with Crippen molar-refractivity contribution < 1.29 is 9.90 Å². The van der Waals surface area contributed by atoms with Crippen LogP contribution < -0.4 is 0 Å². The summed E-state index contributed by atoms with van der Waals surface area (Å²) in [5.41, 5.74) is 0.142. The summed E-state index contributed by atoms with van der Waals surface area (Å²) in [6.45, 7) is 0. The van der Waals surface area contributed by atoms with E-state index >= 15 is 0 Å². The molecule has 0 aliphatic heterocycles. The number of carboxylic acid groups (broad SMARTS) is 1. The fourth-order valence-electron chi connectivity index (χ4n) is 3.90. The standard InChI is InChI=1S/C14H15Cl2NO2/c15-11-4-12(16)17-7-9(11)6-14(13(18)19)5-8-1-2-10(14)3-8/h4,7-8,10H,1-3,5-6H2,(H,18,19). The zero-order valence-electron chi connectivity index (χ0n) is 10.4. The zero-order chi connectivity index (χ0) is 13.6. The molecule has 1 aromatic heterocycles. The molecular weight excluding hydrogens is 285 g/mol. The Morgan fingerprint density at radius 1 is 1.47 bits per heavy atom. The quantitative estimate of drug-likeness (QED) is 0.863. The maximum atomic E-state index is 11.8. The summed E-state index contributed by atoms with van der Waals surface area (Å²) in [5, 5.41) is 10.6. The van der Waals surface area contributed by atoms with Crippen LogP contribution in [0, 0.1) is 17.3 Å². The van der Waals surface area contributed by atoms with E-state index in [4.69, 9.17) is 23.2 Å². The van der Waals surface area contributed by atoms with Crippen LogP contribution >= 0.6 is 23.2 Å². The number of halogens is 2. The first kappa shape index (κ1) is 13.2. The minimum Gasteiger partial charge on any atom is -0.481 e. The Balaban J connectivity index is 1.93. The fraction of sp³-hybridized carbons (Fsp3) is 0.571. The third-order valence-electron chi connectivity index (χ3n) is 4.80. The molecule has 2 fully saturated rings. The average Bonchev–Trinajstić information content (AvgIpc) is 2.93. The molecule has 19 heavy (non-hydrogen) atoms. The first-order chi connectivity index (χ1) is 9.01. The van der Waals surface area contributed by atoms with Gasteiger partial charge in [-0.1, -0.05) is 29.6 Å². The van der Waals surface area contributed by atoms with Gasteiger partial charge >= 0.3 is 5.97 Å². The van der Waals surface area contributed by atoms with Crippen LogP contribution in [0.2, 0.25) is 10.2 Å². The van der Waals surface area contributed by atoms with Crippen molar-refractivity contribution in [3.63, 3.8) is 0 Å². The van der Waals surface area contributed by atoms with Gasteiger partial charge in [0.15, 0.2) is 0 Å². The maximum Gasteiger partial charge on any atom is 0.310 e. The lowest BCUT2D eigenvalue weighted by molar-refractivity contribution is -0.152. The Hall–Kier alpha value is -0.800. The van der Waals surface area contributed by atoms with Crippen molar-refractivity contribution in [3.8, 4) is 0 Å². The molecule has 0 amide bonds. The SMILES string of the molecule is O=C(O)C1(Cc2cnc(Cl)cc2Cl)CC2CCC1C2. The van der Waals surface area contributed by atoms with Crippen LogP contribution in [-0.4, -0.2) is 16.1 Å². The number of carboxylic acids is 1. The molecule has 3 nitrogen and oxygen atoms in total. The maximum absolute atomic E-state index is 11.8. The van der Waals surface area contributed by atoms with Gasteiger partial charge in [-0.05, 0) is 49.1 Å². The molecule has 2 bridgehead atoms. The van der Waals surface area contributed by atoms with Crippen LogP contribution in [0.25, 0.3) is 0 Å². The summed E-state index contributed by atoms with van der Waals surface area (Å²) in [5.74, 6) is 0.160. The first-order valence-electron chi connectivity index (χ1n) is 6.54. The van der Waals surface area contributed by atoms with E-state index in [1.165, 1.54) is 6.42 Å². The summed E-state index contributed by atoms with van der Waals surface area (Å²) in [6, 6.07) is 1.58. The lowest BCUT2D eigenvalue weighted by Gasteiger charge is -2.33. The van der Waals surface area contributed by atoms with Crippen LogP contribution in [0.15, 0.2) is 12.3 Å². The highest BCUT2D eigenvalue weighted by atomic mass is 35.5. The molecule has 2 aliphatic rings. The Morgan fingerprint density at radius 3 is 2.79 bits per heavy atom. The van der Waals surface area contributed by atoms with Gasteiger partial charge in [-0.25, -0.2) is 4.98 Å². The van der Waals surface area contributed by atoms with E-state index in [1.807, 2.05) is 0 Å². The van der Waals surface area contributed by atoms with Gasteiger partial charge < -0.3 is 5.11 Å². The molecule has 1 aromatic rings. The molecule has 0 saturated heterocycles. The van der Waals surface area contributed by atoms with E-state index in [-0.39, 0.29) is 5.92 Å². The second kappa shape index (κ2) is 4.64. The first-order valence-corrected chi connectivity index (χ1v) is 7.30. The Kier molecular flexibility index (Phi) is 3.22. The van der Waals surface area contributed by atoms with Crippen molar-refractivity contribution in [2.75, 3.05) is 0 Å². The van der Waals surface area contributed by atoms with Crippen molar-refractivity contribution in [2.45, 2.75) is 32.1 Å². The van der Waals surface area contributed by atoms with Gasteiger partial charge in [0.1, 0.15) is 5.15 Å². The Labute approximate surface area is 121 Å². The zero-order valence-corrected chi connectivity index (χ0v) is 11.9. The molecule has 2 aliphatic carbocycles. The van der Waals surface area contributed by atoms with E-state index in [0.717, 1.165) is 24.8 Å². The number of aromatic nitrogens is 1. The lowest BCUT2D eigenvalue weighted by atomic mass is 9.69. The summed E-state index contributed by atoms with van der Waals surface area (Å²) < 4.78 is 0. The molecule has 1 N–H and O–H groups in total. The molecule has 102 valence electrons. The molecule has 3 rings (SSSR count). The van der Waals surface area contributed by atoms with Crippen LogP contribution in [0.3, 0.4) is 0 Å². The number of fused-ring (bicyclic) bond motifs is 2. The average molecular weight is 300 g/mol. The topological polar surface area (TPSA) is 50.2 Å². The van der Waals surface area contributed by atoms with Crippen LogP contribution in [-0.2, 0) is 11.2 Å². The van der Waals surface area contributed by atoms with E-state index in [1.54, 1.807) is 12.3 Å². The smallest absolute Gasteiger partial charge is 0.310 e. The molecular formula is C14H15Cl2NO2. The molecule has 0 radical (unpaired) electrons. The number of carbonyl (C=O) groups is 1. The highest BCUT2D eigenvalue weighted by Gasteiger charge is 2.55. The second-order valence-electron chi connectivity index (χ2n) is 5.82. The van der Waals surface area contributed by atoms with E-state index in [0.29, 0.717) is 22.5 Å². The normalized spacial score (nSPS) is 32.7. The van der Waals surface area contributed by atoms with Gasteiger partial charge in [0, 0.05) is 11.2 Å².